The summed E-state index contributed by atoms with van der Waals surface area (Å²) >= 11 is 6.19. The van der Waals surface area contributed by atoms with E-state index in [9.17, 15) is 8.42 Å². The summed E-state index contributed by atoms with van der Waals surface area (Å²) in [6.07, 6.45) is 3.02. The average molecular weight is 417 g/mol. The van der Waals surface area contributed by atoms with Crippen molar-refractivity contribution in [2.24, 2.45) is 4.99 Å². The third-order valence-electron chi connectivity index (χ3n) is 4.40. The maximum absolute atomic E-state index is 12.2. The van der Waals surface area contributed by atoms with Crippen molar-refractivity contribution in [3.8, 4) is 0 Å². The molecule has 7 nitrogen and oxygen atoms in total. The highest BCUT2D eigenvalue weighted by molar-refractivity contribution is 7.89. The highest BCUT2D eigenvalue weighted by atomic mass is 35.5. The molecule has 1 heterocycles. The monoisotopic (exact) mass is 416 g/mol. The number of hydrogen-bond donors (Lipinski definition) is 2. The largest absolute Gasteiger partial charge is 0.377 e. The average Bonchev–Trinajstić information content (AvgIpc) is 2.66. The van der Waals surface area contributed by atoms with Gasteiger partial charge in [0.15, 0.2) is 5.96 Å². The van der Waals surface area contributed by atoms with Gasteiger partial charge in [-0.25, -0.2) is 13.1 Å². The van der Waals surface area contributed by atoms with E-state index in [-0.39, 0.29) is 18.4 Å². The molecular formula is C18H29ClN4O3S. The molecule has 0 bridgehead atoms. The van der Waals surface area contributed by atoms with Gasteiger partial charge in [-0.3, -0.25) is 4.99 Å². The number of hydrogen-bond acceptors (Lipinski definition) is 4. The maximum atomic E-state index is 12.2. The second kappa shape index (κ2) is 10.8. The van der Waals surface area contributed by atoms with Crippen LogP contribution in [-0.2, 0) is 21.3 Å². The predicted octanol–water partition coefficient (Wildman–Crippen LogP) is 1.84. The van der Waals surface area contributed by atoms with Crippen molar-refractivity contribution in [2.75, 3.05) is 39.5 Å². The number of ether oxygens (including phenoxy) is 1. The number of nitrogens with one attached hydrogen (secondary N) is 2. The molecule has 1 saturated heterocycles. The fourth-order valence-electron chi connectivity index (χ4n) is 2.90. The quantitative estimate of drug-likeness (QED) is 0.499. The second-order valence-electron chi connectivity index (χ2n) is 6.58. The molecule has 2 rings (SSSR count). The summed E-state index contributed by atoms with van der Waals surface area (Å²) in [4.78, 5) is 6.11. The number of sulfonamides is 1. The van der Waals surface area contributed by atoms with Crippen molar-refractivity contribution in [2.45, 2.75) is 31.9 Å². The lowest BCUT2D eigenvalue weighted by Gasteiger charge is -2.23. The maximum Gasteiger partial charge on any atom is 0.213 e. The molecule has 0 radical (unpaired) electrons. The fraction of sp³-hybridized carbons (Fsp3) is 0.611. The van der Waals surface area contributed by atoms with E-state index in [0.717, 1.165) is 24.8 Å². The molecule has 0 aliphatic carbocycles. The van der Waals surface area contributed by atoms with Crippen LogP contribution >= 0.6 is 11.6 Å². The molecule has 1 aromatic carbocycles. The Morgan fingerprint density at radius 3 is 2.81 bits per heavy atom. The van der Waals surface area contributed by atoms with E-state index in [1.807, 2.05) is 36.2 Å². The summed E-state index contributed by atoms with van der Waals surface area (Å²) in [5, 5.41) is 3.78. The second-order valence-corrected chi connectivity index (χ2v) is 8.91. The number of nitrogens with zero attached hydrogens (tertiary/aromatic N) is 2. The van der Waals surface area contributed by atoms with E-state index in [1.54, 1.807) is 7.05 Å². The SMILES string of the molecule is CN=C(NCCS(=O)(=O)NCC1CCCCO1)N(C)Cc1ccccc1Cl. The summed E-state index contributed by atoms with van der Waals surface area (Å²) in [5.41, 5.74) is 0.978. The van der Waals surface area contributed by atoms with E-state index >= 15 is 0 Å². The molecule has 0 amide bonds. The van der Waals surface area contributed by atoms with Gasteiger partial charge >= 0.3 is 0 Å². The zero-order valence-electron chi connectivity index (χ0n) is 15.9. The van der Waals surface area contributed by atoms with Crippen LogP contribution < -0.4 is 10.0 Å². The zero-order valence-corrected chi connectivity index (χ0v) is 17.5. The highest BCUT2D eigenvalue weighted by Crippen LogP contribution is 2.16. The lowest BCUT2D eigenvalue weighted by Crippen LogP contribution is -2.43. The summed E-state index contributed by atoms with van der Waals surface area (Å²) < 4.78 is 32.5. The number of benzene rings is 1. The number of aliphatic imine (C=N–C) groups is 1. The van der Waals surface area contributed by atoms with Gasteiger partial charge in [0.2, 0.25) is 10.0 Å². The van der Waals surface area contributed by atoms with Crippen LogP contribution in [0.15, 0.2) is 29.3 Å². The van der Waals surface area contributed by atoms with Crippen molar-refractivity contribution in [1.29, 1.82) is 0 Å². The Balaban J connectivity index is 1.76. The molecule has 0 spiro atoms. The molecule has 1 atom stereocenters. The van der Waals surface area contributed by atoms with E-state index in [2.05, 4.69) is 15.0 Å². The Hall–Kier alpha value is -1.35. The molecule has 1 aromatic rings. The summed E-state index contributed by atoms with van der Waals surface area (Å²) in [7, 11) is 0.183. The van der Waals surface area contributed by atoms with Crippen molar-refractivity contribution >= 4 is 27.6 Å². The summed E-state index contributed by atoms with van der Waals surface area (Å²) in [6, 6.07) is 7.61. The predicted molar refractivity (Wildman–Crippen MR) is 110 cm³/mol. The van der Waals surface area contributed by atoms with Crippen LogP contribution in [-0.4, -0.2) is 64.9 Å². The Bertz CT molecular complexity index is 721. The zero-order chi connectivity index (χ0) is 19.7. The molecule has 1 aliphatic heterocycles. The van der Waals surface area contributed by atoms with Crippen molar-refractivity contribution in [3.05, 3.63) is 34.9 Å². The van der Waals surface area contributed by atoms with Gasteiger partial charge in [-0.1, -0.05) is 29.8 Å². The van der Waals surface area contributed by atoms with Crippen LogP contribution in [0.4, 0.5) is 0 Å². The minimum Gasteiger partial charge on any atom is -0.377 e. The van der Waals surface area contributed by atoms with Gasteiger partial charge in [0.25, 0.3) is 0 Å². The summed E-state index contributed by atoms with van der Waals surface area (Å²) in [5.74, 6) is 0.583. The van der Waals surface area contributed by atoms with Gasteiger partial charge in [0.1, 0.15) is 0 Å². The molecule has 27 heavy (non-hydrogen) atoms. The van der Waals surface area contributed by atoms with Crippen LogP contribution in [0.2, 0.25) is 5.02 Å². The van der Waals surface area contributed by atoms with E-state index in [4.69, 9.17) is 16.3 Å². The van der Waals surface area contributed by atoms with Gasteiger partial charge in [0, 0.05) is 45.4 Å². The van der Waals surface area contributed by atoms with E-state index in [1.165, 1.54) is 0 Å². The molecule has 2 N–H and O–H groups in total. The smallest absolute Gasteiger partial charge is 0.213 e. The number of rotatable bonds is 8. The fourth-order valence-corrected chi connectivity index (χ4v) is 4.05. The number of halogens is 1. The van der Waals surface area contributed by atoms with Crippen LogP contribution in [0, 0.1) is 0 Å². The first kappa shape index (κ1) is 21.9. The molecular weight excluding hydrogens is 388 g/mol. The topological polar surface area (TPSA) is 83.0 Å². The van der Waals surface area contributed by atoms with Crippen LogP contribution in [0.5, 0.6) is 0 Å². The summed E-state index contributed by atoms with van der Waals surface area (Å²) in [6.45, 7) is 1.88. The van der Waals surface area contributed by atoms with Gasteiger partial charge in [-0.05, 0) is 30.9 Å². The molecule has 9 heteroatoms. The Kier molecular flexibility index (Phi) is 8.82. The Morgan fingerprint density at radius 2 is 2.15 bits per heavy atom. The molecule has 1 aliphatic rings. The molecule has 1 unspecified atom stereocenters. The Morgan fingerprint density at radius 1 is 1.37 bits per heavy atom. The van der Waals surface area contributed by atoms with Gasteiger partial charge in [-0.2, -0.15) is 0 Å². The third-order valence-corrected chi connectivity index (χ3v) is 6.11. The van der Waals surface area contributed by atoms with E-state index < -0.39 is 10.0 Å². The van der Waals surface area contributed by atoms with Crippen molar-refractivity contribution in [3.63, 3.8) is 0 Å². The normalized spacial score (nSPS) is 18.3. The highest BCUT2D eigenvalue weighted by Gasteiger charge is 2.18. The lowest BCUT2D eigenvalue weighted by molar-refractivity contribution is 0.0200. The Labute approximate surface area is 167 Å². The standard InChI is InChI=1S/C18H29ClN4O3S/c1-20-18(23(2)14-15-7-3-4-9-17(15)19)21-10-12-27(24,25)22-13-16-8-5-6-11-26-16/h3-4,7,9,16,22H,5-6,8,10-14H2,1-2H3,(H,20,21). The van der Waals surface area contributed by atoms with Gasteiger partial charge < -0.3 is 15.0 Å². The van der Waals surface area contributed by atoms with Crippen molar-refractivity contribution < 1.29 is 13.2 Å². The first-order valence-corrected chi connectivity index (χ1v) is 11.2. The van der Waals surface area contributed by atoms with Gasteiger partial charge in [-0.15, -0.1) is 0 Å². The first-order valence-electron chi connectivity index (χ1n) is 9.15. The lowest BCUT2D eigenvalue weighted by atomic mass is 10.1. The third kappa shape index (κ3) is 7.65. The molecule has 1 fully saturated rings. The molecule has 0 saturated carbocycles. The van der Waals surface area contributed by atoms with Crippen molar-refractivity contribution in [1.82, 2.24) is 14.9 Å². The number of guanidine groups is 1. The first-order chi connectivity index (χ1) is 12.9. The minimum atomic E-state index is -3.36. The molecule has 0 aromatic heterocycles. The van der Waals surface area contributed by atoms with Crippen LogP contribution in [0.3, 0.4) is 0 Å². The van der Waals surface area contributed by atoms with Crippen LogP contribution in [0.25, 0.3) is 0 Å². The minimum absolute atomic E-state index is 0.0176. The molecule has 152 valence electrons. The van der Waals surface area contributed by atoms with Gasteiger partial charge in [0.05, 0.1) is 11.9 Å². The van der Waals surface area contributed by atoms with E-state index in [0.29, 0.717) is 30.7 Å². The van der Waals surface area contributed by atoms with Crippen LogP contribution in [0.1, 0.15) is 24.8 Å².